The van der Waals surface area contributed by atoms with Crippen molar-refractivity contribution in [3.63, 3.8) is 0 Å². The largest absolute Gasteiger partial charge is 0.370 e. The first kappa shape index (κ1) is 14.4. The van der Waals surface area contributed by atoms with Gasteiger partial charge in [0.25, 0.3) is 0 Å². The summed E-state index contributed by atoms with van der Waals surface area (Å²) in [6, 6.07) is 3.81. The van der Waals surface area contributed by atoms with Gasteiger partial charge >= 0.3 is 0 Å². The number of hydrogen-bond donors (Lipinski definition) is 1. The standard InChI is InChI=1S/C15H21N5/c1-4-6-16-13-10-12(9-11(2)3)19-15(20-13)14-17-7-5-8-18-14/h5,7-8,10-11H,4,6,9H2,1-3H3,(H,16,19,20). The molecule has 2 rings (SSSR count). The van der Waals surface area contributed by atoms with E-state index in [4.69, 9.17) is 0 Å². The molecule has 0 amide bonds. The maximum atomic E-state index is 4.58. The van der Waals surface area contributed by atoms with Crippen molar-refractivity contribution in [3.05, 3.63) is 30.2 Å². The molecule has 0 aliphatic rings. The van der Waals surface area contributed by atoms with Crippen molar-refractivity contribution in [3.8, 4) is 11.6 Å². The van der Waals surface area contributed by atoms with Gasteiger partial charge in [0.1, 0.15) is 5.82 Å². The molecule has 0 unspecified atom stereocenters. The van der Waals surface area contributed by atoms with Crippen molar-refractivity contribution in [2.75, 3.05) is 11.9 Å². The van der Waals surface area contributed by atoms with Gasteiger partial charge in [-0.25, -0.2) is 19.9 Å². The first-order chi connectivity index (χ1) is 9.69. The van der Waals surface area contributed by atoms with Crippen LogP contribution in [-0.2, 0) is 6.42 Å². The molecule has 0 saturated heterocycles. The number of hydrogen-bond acceptors (Lipinski definition) is 5. The van der Waals surface area contributed by atoms with Crippen LogP contribution >= 0.6 is 0 Å². The van der Waals surface area contributed by atoms with E-state index in [2.05, 4.69) is 46.0 Å². The Morgan fingerprint density at radius 1 is 1.10 bits per heavy atom. The summed E-state index contributed by atoms with van der Waals surface area (Å²) in [5.74, 6) is 2.55. The highest BCUT2D eigenvalue weighted by molar-refractivity contribution is 5.49. The summed E-state index contributed by atoms with van der Waals surface area (Å²) >= 11 is 0. The lowest BCUT2D eigenvalue weighted by Crippen LogP contribution is -2.08. The van der Waals surface area contributed by atoms with Crippen LogP contribution in [-0.4, -0.2) is 26.5 Å². The van der Waals surface area contributed by atoms with Crippen molar-refractivity contribution in [1.29, 1.82) is 0 Å². The zero-order chi connectivity index (χ0) is 14.4. The maximum absolute atomic E-state index is 4.58. The molecule has 0 spiro atoms. The Labute approximate surface area is 119 Å². The number of aromatic nitrogens is 4. The Hall–Kier alpha value is -2.04. The Balaban J connectivity index is 2.34. The molecule has 0 aliphatic carbocycles. The molecule has 2 aromatic rings. The lowest BCUT2D eigenvalue weighted by atomic mass is 10.1. The zero-order valence-electron chi connectivity index (χ0n) is 12.3. The second-order valence-electron chi connectivity index (χ2n) is 5.17. The summed E-state index contributed by atoms with van der Waals surface area (Å²) < 4.78 is 0. The second kappa shape index (κ2) is 6.93. The quantitative estimate of drug-likeness (QED) is 0.875. The number of anilines is 1. The van der Waals surface area contributed by atoms with Crippen molar-refractivity contribution in [2.24, 2.45) is 5.92 Å². The fourth-order valence-electron chi connectivity index (χ4n) is 1.88. The average Bonchev–Trinajstić information content (AvgIpc) is 2.45. The van der Waals surface area contributed by atoms with Crippen LogP contribution in [0.2, 0.25) is 0 Å². The van der Waals surface area contributed by atoms with Crippen molar-refractivity contribution in [1.82, 2.24) is 19.9 Å². The number of nitrogens with zero attached hydrogens (tertiary/aromatic N) is 4. The minimum atomic E-state index is 0.550. The molecule has 5 heteroatoms. The molecule has 2 heterocycles. The maximum Gasteiger partial charge on any atom is 0.199 e. The second-order valence-corrected chi connectivity index (χ2v) is 5.17. The van der Waals surface area contributed by atoms with Gasteiger partial charge in [-0.3, -0.25) is 0 Å². The third-order valence-electron chi connectivity index (χ3n) is 2.72. The van der Waals surface area contributed by atoms with Gasteiger partial charge in [-0.15, -0.1) is 0 Å². The Kier molecular flexibility index (Phi) is 4.98. The van der Waals surface area contributed by atoms with Gasteiger partial charge in [0.2, 0.25) is 0 Å². The van der Waals surface area contributed by atoms with Gasteiger partial charge in [0.05, 0.1) is 0 Å². The van der Waals surface area contributed by atoms with E-state index in [0.29, 0.717) is 17.6 Å². The molecule has 1 N–H and O–H groups in total. The van der Waals surface area contributed by atoms with E-state index in [0.717, 1.165) is 30.9 Å². The summed E-state index contributed by atoms with van der Waals surface area (Å²) in [7, 11) is 0. The number of rotatable bonds is 6. The third-order valence-corrected chi connectivity index (χ3v) is 2.72. The fraction of sp³-hybridized carbons (Fsp3) is 0.467. The van der Waals surface area contributed by atoms with Gasteiger partial charge in [-0.05, 0) is 24.8 Å². The van der Waals surface area contributed by atoms with Gasteiger partial charge in [0.15, 0.2) is 11.6 Å². The minimum Gasteiger partial charge on any atom is -0.370 e. The van der Waals surface area contributed by atoms with Crippen LogP contribution in [0.25, 0.3) is 11.6 Å². The molecule has 0 aliphatic heterocycles. The van der Waals surface area contributed by atoms with Crippen LogP contribution in [0.15, 0.2) is 24.5 Å². The van der Waals surface area contributed by atoms with Gasteiger partial charge in [-0.1, -0.05) is 20.8 Å². The Morgan fingerprint density at radius 2 is 1.85 bits per heavy atom. The average molecular weight is 271 g/mol. The van der Waals surface area contributed by atoms with Crippen LogP contribution in [0.3, 0.4) is 0 Å². The molecule has 0 saturated carbocycles. The van der Waals surface area contributed by atoms with Crippen LogP contribution in [0.1, 0.15) is 32.9 Å². The molecule has 0 fully saturated rings. The highest BCUT2D eigenvalue weighted by Gasteiger charge is 2.09. The molecule has 0 radical (unpaired) electrons. The van der Waals surface area contributed by atoms with Crippen molar-refractivity contribution < 1.29 is 0 Å². The smallest absolute Gasteiger partial charge is 0.199 e. The monoisotopic (exact) mass is 271 g/mol. The summed E-state index contributed by atoms with van der Waals surface area (Å²) in [5.41, 5.74) is 1.02. The Bertz CT molecular complexity index is 539. The van der Waals surface area contributed by atoms with E-state index in [-0.39, 0.29) is 0 Å². The molecule has 2 aromatic heterocycles. The molecule has 0 atom stereocenters. The Morgan fingerprint density at radius 3 is 2.50 bits per heavy atom. The topological polar surface area (TPSA) is 63.6 Å². The molecular formula is C15H21N5. The first-order valence-electron chi connectivity index (χ1n) is 7.08. The van der Waals surface area contributed by atoms with E-state index in [1.54, 1.807) is 18.5 Å². The summed E-state index contributed by atoms with van der Waals surface area (Å²) in [6.45, 7) is 7.39. The highest BCUT2D eigenvalue weighted by atomic mass is 15.1. The van der Waals surface area contributed by atoms with E-state index < -0.39 is 0 Å². The normalized spacial score (nSPS) is 10.8. The lowest BCUT2D eigenvalue weighted by Gasteiger charge is -2.10. The number of nitrogens with one attached hydrogen (secondary N) is 1. The van der Waals surface area contributed by atoms with E-state index in [1.807, 2.05) is 6.07 Å². The molecule has 106 valence electrons. The molecule has 0 aromatic carbocycles. The van der Waals surface area contributed by atoms with Gasteiger partial charge in [0, 0.05) is 30.7 Å². The predicted octanol–water partition coefficient (Wildman–Crippen LogP) is 2.95. The first-order valence-corrected chi connectivity index (χ1v) is 7.08. The SMILES string of the molecule is CCCNc1cc(CC(C)C)nc(-c2ncccn2)n1. The van der Waals surface area contributed by atoms with Crippen LogP contribution < -0.4 is 5.32 Å². The molecule has 0 bridgehead atoms. The summed E-state index contributed by atoms with van der Waals surface area (Å²) in [5, 5.41) is 3.31. The summed E-state index contributed by atoms with van der Waals surface area (Å²) in [6.07, 6.45) is 5.39. The van der Waals surface area contributed by atoms with Crippen molar-refractivity contribution in [2.45, 2.75) is 33.6 Å². The van der Waals surface area contributed by atoms with Crippen LogP contribution in [0, 0.1) is 5.92 Å². The molecule has 5 nitrogen and oxygen atoms in total. The summed E-state index contributed by atoms with van der Waals surface area (Å²) in [4.78, 5) is 17.5. The van der Waals surface area contributed by atoms with Gasteiger partial charge in [-0.2, -0.15) is 0 Å². The third kappa shape index (κ3) is 3.98. The zero-order valence-corrected chi connectivity index (χ0v) is 12.3. The van der Waals surface area contributed by atoms with E-state index in [1.165, 1.54) is 0 Å². The fourth-order valence-corrected chi connectivity index (χ4v) is 1.88. The van der Waals surface area contributed by atoms with Crippen LogP contribution in [0.4, 0.5) is 5.82 Å². The van der Waals surface area contributed by atoms with Crippen LogP contribution in [0.5, 0.6) is 0 Å². The predicted molar refractivity (Wildman–Crippen MR) is 80.4 cm³/mol. The van der Waals surface area contributed by atoms with E-state index >= 15 is 0 Å². The van der Waals surface area contributed by atoms with Crippen molar-refractivity contribution >= 4 is 5.82 Å². The minimum absolute atomic E-state index is 0.550. The molecule has 20 heavy (non-hydrogen) atoms. The van der Waals surface area contributed by atoms with E-state index in [9.17, 15) is 0 Å². The lowest BCUT2D eigenvalue weighted by molar-refractivity contribution is 0.634. The highest BCUT2D eigenvalue weighted by Crippen LogP contribution is 2.16. The van der Waals surface area contributed by atoms with Gasteiger partial charge < -0.3 is 5.32 Å². The molecular weight excluding hydrogens is 250 g/mol.